The van der Waals surface area contributed by atoms with Gasteiger partial charge in [0.15, 0.2) is 0 Å². The highest BCUT2D eigenvalue weighted by Crippen LogP contribution is 2.45. The van der Waals surface area contributed by atoms with Gasteiger partial charge in [0.05, 0.1) is 22.8 Å². The second kappa shape index (κ2) is 21.2. The molecule has 80 heavy (non-hydrogen) atoms. The van der Waals surface area contributed by atoms with Gasteiger partial charge >= 0.3 is 0 Å². The van der Waals surface area contributed by atoms with Crippen LogP contribution in [-0.4, -0.2) is 19.9 Å². The predicted molar refractivity (Wildman–Crippen MR) is 327 cm³/mol. The Morgan fingerprint density at radius 1 is 0.300 bits per heavy atom. The summed E-state index contributed by atoms with van der Waals surface area (Å²) in [5.74, 6) is 5.88. The van der Waals surface area contributed by atoms with Gasteiger partial charge in [0.2, 0.25) is 0 Å². The van der Waals surface area contributed by atoms with E-state index in [1.54, 1.807) is 0 Å². The Kier molecular flexibility index (Phi) is 13.0. The van der Waals surface area contributed by atoms with E-state index in [2.05, 4.69) is 133 Å². The third-order valence-electron chi connectivity index (χ3n) is 14.6. The number of nitrogens with zero attached hydrogens (tertiary/aromatic N) is 2. The molecule has 3 aromatic heterocycles. The first kappa shape index (κ1) is 49.2. The van der Waals surface area contributed by atoms with Gasteiger partial charge in [0, 0.05) is 65.9 Å². The summed E-state index contributed by atoms with van der Waals surface area (Å²) in [5, 5.41) is 3.88. The maximum absolute atomic E-state index is 6.69. The van der Waals surface area contributed by atoms with Crippen LogP contribution in [0.1, 0.15) is 22.3 Å². The summed E-state index contributed by atoms with van der Waals surface area (Å²) < 4.78 is 26.7. The summed E-state index contributed by atoms with van der Waals surface area (Å²) in [4.78, 5) is 18.7. The van der Waals surface area contributed by atoms with Gasteiger partial charge in [-0.2, -0.15) is 0 Å². The molecule has 0 atom stereocenters. The fourth-order valence-corrected chi connectivity index (χ4v) is 10.9. The molecule has 0 saturated heterocycles. The highest BCUT2D eigenvalue weighted by molar-refractivity contribution is 6.11. The van der Waals surface area contributed by atoms with E-state index in [4.69, 9.17) is 28.9 Å². The molecule has 2 aliphatic heterocycles. The molecule has 11 aromatic rings. The molecule has 0 radical (unpaired) electrons. The predicted octanol–water partition coefficient (Wildman–Crippen LogP) is 19.4. The summed E-state index contributed by atoms with van der Waals surface area (Å²) in [6.07, 6.45) is 10.3. The zero-order valence-electron chi connectivity index (χ0n) is 44.0. The summed E-state index contributed by atoms with van der Waals surface area (Å²) >= 11 is 0. The van der Waals surface area contributed by atoms with Gasteiger partial charge in [0.1, 0.15) is 46.0 Å². The number of H-pyrrole nitrogens is 2. The number of aromatic nitrogens is 4. The molecule has 0 unspecified atom stereocenters. The van der Waals surface area contributed by atoms with Crippen LogP contribution in [-0.2, 0) is 25.7 Å². The van der Waals surface area contributed by atoms with Crippen LogP contribution < -0.4 is 18.9 Å². The van der Waals surface area contributed by atoms with Gasteiger partial charge in [-0.05, 0) is 169 Å². The fraction of sp³-hybridized carbons (Fsp3) is 0.0556. The molecular formula is C72H54N4O4. The van der Waals surface area contributed by atoms with Crippen LogP contribution in [0.15, 0.2) is 245 Å². The van der Waals surface area contributed by atoms with Crippen LogP contribution >= 0.6 is 0 Å². The van der Waals surface area contributed by atoms with Crippen molar-refractivity contribution >= 4 is 43.6 Å². The molecule has 2 aliphatic rings. The van der Waals surface area contributed by atoms with Crippen LogP contribution in [0.4, 0.5) is 0 Å². The topological polar surface area (TPSA) is 94.3 Å². The first-order chi connectivity index (χ1) is 39.4. The Morgan fingerprint density at radius 2 is 0.588 bits per heavy atom. The average Bonchev–Trinajstić information content (AvgIpc) is 4.25. The number of aromatic amines is 2. The van der Waals surface area contributed by atoms with Gasteiger partial charge in [-0.15, -0.1) is 26.3 Å². The van der Waals surface area contributed by atoms with Gasteiger partial charge in [-0.25, -0.2) is 9.97 Å². The smallest absolute Gasteiger partial charge is 0.130 e. The van der Waals surface area contributed by atoms with E-state index in [0.29, 0.717) is 48.7 Å². The Balaban J connectivity index is 1.06. The van der Waals surface area contributed by atoms with Crippen molar-refractivity contribution in [2.75, 3.05) is 0 Å². The van der Waals surface area contributed by atoms with Crippen molar-refractivity contribution in [1.29, 1.82) is 0 Å². The van der Waals surface area contributed by atoms with E-state index in [-0.39, 0.29) is 0 Å². The van der Waals surface area contributed by atoms with Crippen molar-refractivity contribution in [2.45, 2.75) is 25.7 Å². The minimum Gasteiger partial charge on any atom is -0.457 e. The zero-order valence-corrected chi connectivity index (χ0v) is 44.0. The number of ether oxygens (including phenoxy) is 4. The minimum absolute atomic E-state index is 0.678. The first-order valence-electron chi connectivity index (χ1n) is 26.8. The van der Waals surface area contributed by atoms with E-state index >= 15 is 0 Å². The number of allylic oxidation sites excluding steroid dienone is 4. The van der Waals surface area contributed by atoms with Crippen molar-refractivity contribution in [1.82, 2.24) is 19.9 Å². The number of hydrogen-bond donors (Lipinski definition) is 2. The molecule has 0 saturated carbocycles. The molecule has 2 N–H and O–H groups in total. The Bertz CT molecular complexity index is 4200. The number of rotatable bonds is 16. The van der Waals surface area contributed by atoms with Crippen LogP contribution in [0.5, 0.6) is 46.0 Å². The Hall–Kier alpha value is -10.4. The maximum Gasteiger partial charge on any atom is 0.130 e. The molecule has 5 heterocycles. The highest BCUT2D eigenvalue weighted by atomic mass is 16.5. The number of nitrogens with one attached hydrogen (secondary N) is 2. The average molecular weight is 1040 g/mol. The number of para-hydroxylation sites is 4. The van der Waals surface area contributed by atoms with Crippen molar-refractivity contribution < 1.29 is 18.9 Å². The first-order valence-corrected chi connectivity index (χ1v) is 26.8. The summed E-state index contributed by atoms with van der Waals surface area (Å²) in [5.41, 5.74) is 14.5. The fourth-order valence-electron chi connectivity index (χ4n) is 10.9. The number of hydrogen-bond acceptors (Lipinski definition) is 6. The van der Waals surface area contributed by atoms with Crippen LogP contribution in [0.25, 0.3) is 88.6 Å². The third kappa shape index (κ3) is 9.49. The molecule has 0 amide bonds. The molecule has 0 fully saturated rings. The maximum atomic E-state index is 6.69. The monoisotopic (exact) mass is 1040 g/mol. The van der Waals surface area contributed by atoms with Crippen molar-refractivity contribution in [3.05, 3.63) is 267 Å². The highest BCUT2D eigenvalue weighted by Gasteiger charge is 2.23. The zero-order chi connectivity index (χ0) is 54.1. The number of benzene rings is 8. The summed E-state index contributed by atoms with van der Waals surface area (Å²) in [6.45, 7) is 16.0. The molecule has 8 bridgehead atoms. The molecule has 13 rings (SSSR count). The molecule has 0 spiro atoms. The van der Waals surface area contributed by atoms with E-state index in [9.17, 15) is 0 Å². The molecule has 0 aliphatic carbocycles. The Labute approximate surface area is 464 Å². The molecule has 386 valence electrons. The summed E-state index contributed by atoms with van der Waals surface area (Å²) in [7, 11) is 0. The lowest BCUT2D eigenvalue weighted by atomic mass is 10.0. The molecule has 8 heteroatoms. The lowest BCUT2D eigenvalue weighted by molar-refractivity contribution is 0.477. The van der Waals surface area contributed by atoms with Crippen LogP contribution in [0.2, 0.25) is 0 Å². The molecule has 8 nitrogen and oxygen atoms in total. The molecule has 8 aromatic carbocycles. The van der Waals surface area contributed by atoms with Gasteiger partial charge in [-0.3, -0.25) is 0 Å². The normalized spacial score (nSPS) is 11.4. The lowest BCUT2D eigenvalue weighted by Gasteiger charge is -2.11. The second-order valence-corrected chi connectivity index (χ2v) is 19.9. The largest absolute Gasteiger partial charge is 0.457 e. The Morgan fingerprint density at radius 3 is 0.925 bits per heavy atom. The lowest BCUT2D eigenvalue weighted by Crippen LogP contribution is -1.91. The standard InChI is InChI=1S/C72H54N4O4/c1-5-17-45-21-9-13-25-69(45)77-49-29-33-53-57(37-49)65-41-62-54-34-30-50(78-70-26-14-10-22-46(70)18-6-2)38-58(54)67(74-62)43-64-56-36-32-52(80-72-28-16-12-24-48(72)20-8-4)40-60(56)68(76-64)44-63-55-35-31-51(39-59(55)66(75-63)42-61(53)73-65)79-71-27-15-11-23-47(71)19-7-3/h5-16,21-44,73,76H,1-4,17-20H2. The number of fused-ring (bicyclic) bond motifs is 20. The van der Waals surface area contributed by atoms with Crippen molar-refractivity contribution in [2.24, 2.45) is 0 Å². The van der Waals surface area contributed by atoms with E-state index in [1.807, 2.05) is 121 Å². The second-order valence-electron chi connectivity index (χ2n) is 19.9. The van der Waals surface area contributed by atoms with Crippen molar-refractivity contribution in [3.8, 4) is 91.0 Å². The molecular weight excluding hydrogens is 985 g/mol. The van der Waals surface area contributed by atoms with Crippen LogP contribution in [0, 0.1) is 0 Å². The SMILES string of the molecule is C=CCc1ccccc1Oc1ccc2c(c1)-c1cc3[nH]c(cc4nc(cc5[nH]c(cc-2n1)c1cc(Oc2ccccc2CC=C)ccc51)-c1cc(Oc2ccccc2CC=C)ccc1-4)c1cc(Oc2ccccc2CC=C)ccc31. The van der Waals surface area contributed by atoms with Gasteiger partial charge in [-0.1, -0.05) is 97.1 Å². The summed E-state index contributed by atoms with van der Waals surface area (Å²) in [6, 6.07) is 65.7. The minimum atomic E-state index is 0.678. The van der Waals surface area contributed by atoms with Gasteiger partial charge < -0.3 is 28.9 Å². The van der Waals surface area contributed by atoms with Gasteiger partial charge in [0.25, 0.3) is 0 Å². The third-order valence-corrected chi connectivity index (χ3v) is 14.6. The van der Waals surface area contributed by atoms with Crippen LogP contribution in [0.3, 0.4) is 0 Å². The van der Waals surface area contributed by atoms with E-state index < -0.39 is 0 Å². The van der Waals surface area contributed by atoms with E-state index in [1.165, 1.54) is 0 Å². The quantitative estimate of drug-likeness (QED) is 0.0937. The van der Waals surface area contributed by atoms with Crippen molar-refractivity contribution in [3.63, 3.8) is 0 Å². The van der Waals surface area contributed by atoms with E-state index in [0.717, 1.165) is 134 Å².